The van der Waals surface area contributed by atoms with Gasteiger partial charge >= 0.3 is 0 Å². The Labute approximate surface area is 231 Å². The highest BCUT2D eigenvalue weighted by Crippen LogP contribution is 2.45. The van der Waals surface area contributed by atoms with E-state index in [0.717, 1.165) is 11.1 Å². The molecule has 4 heterocycles. The standard InChI is InChI=1S/C26H21ClFN9O3/c27-20-2-4-22(36-14-30-32-33-36)24(25(20)28)16-1-3-21(37(40)13-16)23(10-17-9-19(17)26(29)38)35-12-18(11-31-35)15-5-7-34(39)8-6-15/h1-8,11-14,17,19,23H,9-10H2,(H2,29,38)/t17?,19-,23?/m0/s1. The summed E-state index contributed by atoms with van der Waals surface area (Å²) in [6, 6.07) is 8.94. The maximum absolute atomic E-state index is 15.3. The first-order valence-corrected chi connectivity index (χ1v) is 12.7. The van der Waals surface area contributed by atoms with Crippen LogP contribution in [0.3, 0.4) is 0 Å². The smallest absolute Gasteiger partial charge is 0.220 e. The SMILES string of the molecule is NC(=O)[C@H]1CC1CC(c1ccc(-c2c(-n3cnnn3)ccc(Cl)c2F)c[n+]1[O-])n1cc(-c2cc[n+]([O-])cc2)cn1. The van der Waals surface area contributed by atoms with E-state index in [-0.39, 0.29) is 33.9 Å². The number of primary amides is 1. The number of carbonyl (C=O) groups excluding carboxylic acids is 1. The third-order valence-corrected chi connectivity index (χ3v) is 7.41. The molecule has 2 unspecified atom stereocenters. The number of halogens is 2. The molecule has 12 nitrogen and oxygen atoms in total. The van der Waals surface area contributed by atoms with E-state index in [9.17, 15) is 15.2 Å². The van der Waals surface area contributed by atoms with Crippen LogP contribution in [0, 0.1) is 28.1 Å². The number of amides is 1. The maximum atomic E-state index is 15.3. The summed E-state index contributed by atoms with van der Waals surface area (Å²) in [5, 5.41) is 40.4. The van der Waals surface area contributed by atoms with E-state index in [2.05, 4.69) is 20.6 Å². The molecule has 1 aliphatic rings. The van der Waals surface area contributed by atoms with Crippen LogP contribution in [0.1, 0.15) is 24.6 Å². The number of hydrogen-bond acceptors (Lipinski definition) is 7. The molecule has 4 aromatic heterocycles. The van der Waals surface area contributed by atoms with Crippen molar-refractivity contribution in [1.29, 1.82) is 0 Å². The average molecular weight is 562 g/mol. The molecule has 2 N–H and O–H groups in total. The first-order valence-electron chi connectivity index (χ1n) is 12.3. The molecule has 6 rings (SSSR count). The van der Waals surface area contributed by atoms with Gasteiger partial charge in [0.25, 0.3) is 0 Å². The quantitative estimate of drug-likeness (QED) is 0.225. The van der Waals surface area contributed by atoms with E-state index in [1.807, 2.05) is 0 Å². The predicted octanol–water partition coefficient (Wildman–Crippen LogP) is 2.35. The zero-order chi connectivity index (χ0) is 28.0. The molecule has 0 spiro atoms. The zero-order valence-corrected chi connectivity index (χ0v) is 21.5. The molecule has 1 aromatic carbocycles. The summed E-state index contributed by atoms with van der Waals surface area (Å²) in [7, 11) is 0. The second kappa shape index (κ2) is 10.0. The van der Waals surface area contributed by atoms with E-state index in [0.29, 0.717) is 33.7 Å². The lowest BCUT2D eigenvalue weighted by Crippen LogP contribution is -2.36. The molecule has 40 heavy (non-hydrogen) atoms. The maximum Gasteiger partial charge on any atom is 0.220 e. The van der Waals surface area contributed by atoms with E-state index in [4.69, 9.17) is 17.3 Å². The molecular weight excluding hydrogens is 541 g/mol. The molecular formula is C26H21ClFN9O3. The Hall–Kier alpha value is -4.91. The Morgan fingerprint density at radius 3 is 2.62 bits per heavy atom. The number of hydrogen-bond donors (Lipinski definition) is 1. The van der Waals surface area contributed by atoms with Gasteiger partial charge in [-0.15, -0.1) is 5.10 Å². The lowest BCUT2D eigenvalue weighted by molar-refractivity contribution is -0.615. The number of benzene rings is 1. The molecule has 0 saturated heterocycles. The van der Waals surface area contributed by atoms with Crippen LogP contribution in [0.15, 0.2) is 73.7 Å². The van der Waals surface area contributed by atoms with Gasteiger partial charge in [0.1, 0.15) is 12.4 Å². The minimum Gasteiger partial charge on any atom is -0.619 e. The molecule has 3 atom stereocenters. The lowest BCUT2D eigenvalue weighted by Gasteiger charge is -2.18. The second-order valence-corrected chi connectivity index (χ2v) is 10.00. The van der Waals surface area contributed by atoms with Gasteiger partial charge in [-0.3, -0.25) is 9.48 Å². The van der Waals surface area contributed by atoms with Crippen molar-refractivity contribution >= 4 is 17.5 Å². The molecule has 0 radical (unpaired) electrons. The Balaban J connectivity index is 1.40. The lowest BCUT2D eigenvalue weighted by atomic mass is 10.0. The third kappa shape index (κ3) is 4.71. The molecule has 1 saturated carbocycles. The van der Waals surface area contributed by atoms with E-state index in [1.54, 1.807) is 47.4 Å². The summed E-state index contributed by atoms with van der Waals surface area (Å²) in [6.45, 7) is 0. The zero-order valence-electron chi connectivity index (χ0n) is 20.7. The fourth-order valence-electron chi connectivity index (χ4n) is 4.95. The normalized spacial score (nSPS) is 17.1. The van der Waals surface area contributed by atoms with Crippen LogP contribution in [0.25, 0.3) is 27.9 Å². The second-order valence-electron chi connectivity index (χ2n) is 9.59. The number of nitrogens with two attached hydrogens (primary N) is 1. The molecule has 0 bridgehead atoms. The Kier molecular flexibility index (Phi) is 6.34. The molecule has 1 fully saturated rings. The summed E-state index contributed by atoms with van der Waals surface area (Å²) in [5.74, 6) is -1.38. The van der Waals surface area contributed by atoms with Crippen molar-refractivity contribution < 1.29 is 18.6 Å². The van der Waals surface area contributed by atoms with Crippen LogP contribution in [-0.2, 0) is 4.79 Å². The number of pyridine rings is 2. The van der Waals surface area contributed by atoms with Gasteiger partial charge in [0.15, 0.2) is 24.4 Å². The topological polar surface area (TPSA) is 158 Å². The number of rotatable bonds is 8. The predicted molar refractivity (Wildman–Crippen MR) is 139 cm³/mol. The van der Waals surface area contributed by atoms with E-state index >= 15 is 4.39 Å². The first kappa shape index (κ1) is 25.4. The highest BCUT2D eigenvalue weighted by Gasteiger charge is 2.44. The molecule has 14 heteroatoms. The van der Waals surface area contributed by atoms with Gasteiger partial charge in [0.2, 0.25) is 11.6 Å². The minimum absolute atomic E-state index is 0.0113. The fourth-order valence-corrected chi connectivity index (χ4v) is 5.10. The van der Waals surface area contributed by atoms with Gasteiger partial charge in [0, 0.05) is 35.9 Å². The third-order valence-electron chi connectivity index (χ3n) is 7.11. The fraction of sp³-hybridized carbons (Fsp3) is 0.192. The van der Waals surface area contributed by atoms with Crippen molar-refractivity contribution in [3.05, 3.63) is 101 Å². The number of carbonyl (C=O) groups is 1. The minimum atomic E-state index is -0.722. The number of nitrogens with zero attached hydrogens (tertiary/aromatic N) is 8. The largest absolute Gasteiger partial charge is 0.619 e. The van der Waals surface area contributed by atoms with Gasteiger partial charge in [0.05, 0.1) is 28.0 Å². The van der Waals surface area contributed by atoms with Gasteiger partial charge in [-0.25, -0.2) is 4.39 Å². The van der Waals surface area contributed by atoms with E-state index < -0.39 is 11.9 Å². The van der Waals surface area contributed by atoms with Crippen molar-refractivity contribution in [2.24, 2.45) is 17.6 Å². The van der Waals surface area contributed by atoms with Gasteiger partial charge in [-0.1, -0.05) is 11.6 Å². The average Bonchev–Trinajstić information content (AvgIpc) is 3.28. The van der Waals surface area contributed by atoms with Crippen molar-refractivity contribution in [3.63, 3.8) is 0 Å². The van der Waals surface area contributed by atoms with Crippen molar-refractivity contribution in [1.82, 2.24) is 30.0 Å². The number of tetrazole rings is 1. The van der Waals surface area contributed by atoms with Gasteiger partial charge < -0.3 is 16.1 Å². The molecule has 1 amide bonds. The van der Waals surface area contributed by atoms with Gasteiger partial charge in [-0.05, 0) is 52.9 Å². The summed E-state index contributed by atoms with van der Waals surface area (Å²) < 4.78 is 19.6. The monoisotopic (exact) mass is 561 g/mol. The Morgan fingerprint density at radius 2 is 1.95 bits per heavy atom. The van der Waals surface area contributed by atoms with Crippen LogP contribution in [0.5, 0.6) is 0 Å². The summed E-state index contributed by atoms with van der Waals surface area (Å²) in [6.07, 6.45) is 9.82. The highest BCUT2D eigenvalue weighted by molar-refractivity contribution is 6.31. The van der Waals surface area contributed by atoms with Crippen molar-refractivity contribution in [3.8, 4) is 27.9 Å². The number of aromatic nitrogens is 8. The summed E-state index contributed by atoms with van der Waals surface area (Å²) in [5.41, 5.74) is 7.99. The van der Waals surface area contributed by atoms with Crippen LogP contribution < -0.4 is 15.2 Å². The molecule has 1 aliphatic carbocycles. The van der Waals surface area contributed by atoms with E-state index in [1.165, 1.54) is 35.7 Å². The molecule has 0 aliphatic heterocycles. The van der Waals surface area contributed by atoms with Crippen molar-refractivity contribution in [2.75, 3.05) is 0 Å². The van der Waals surface area contributed by atoms with Crippen LogP contribution in [0.2, 0.25) is 5.02 Å². The summed E-state index contributed by atoms with van der Waals surface area (Å²) >= 11 is 6.07. The van der Waals surface area contributed by atoms with Gasteiger partial charge in [-0.2, -0.15) is 19.2 Å². The van der Waals surface area contributed by atoms with Crippen LogP contribution >= 0.6 is 11.6 Å². The van der Waals surface area contributed by atoms with Crippen LogP contribution in [0.4, 0.5) is 4.39 Å². The Morgan fingerprint density at radius 1 is 1.15 bits per heavy atom. The first-order chi connectivity index (χ1) is 19.3. The molecule has 5 aromatic rings. The van der Waals surface area contributed by atoms with Crippen LogP contribution in [-0.4, -0.2) is 35.9 Å². The highest BCUT2D eigenvalue weighted by atomic mass is 35.5. The Bertz CT molecular complexity index is 1710. The molecule has 202 valence electrons. The van der Waals surface area contributed by atoms with Crippen molar-refractivity contribution in [2.45, 2.75) is 18.9 Å². The summed E-state index contributed by atoms with van der Waals surface area (Å²) in [4.78, 5) is 11.7.